The van der Waals surface area contributed by atoms with Crippen LogP contribution in [-0.4, -0.2) is 46.3 Å². The Morgan fingerprint density at radius 1 is 1.39 bits per heavy atom. The number of rotatable bonds is 3. The van der Waals surface area contributed by atoms with E-state index in [2.05, 4.69) is 9.97 Å². The molecule has 9 nitrogen and oxygen atoms in total. The van der Waals surface area contributed by atoms with Gasteiger partial charge in [0, 0.05) is 6.54 Å². The maximum Gasteiger partial charge on any atom is 0.410 e. The van der Waals surface area contributed by atoms with Gasteiger partial charge in [-0.05, 0) is 38.5 Å². The highest BCUT2D eigenvalue weighted by Gasteiger charge is 2.29. The number of aromatic amines is 1. The second kappa shape index (κ2) is 7.89. The molecule has 0 saturated carbocycles. The number of benzene rings is 1. The van der Waals surface area contributed by atoms with Crippen LogP contribution in [0.2, 0.25) is 0 Å². The van der Waals surface area contributed by atoms with Crippen LogP contribution >= 0.6 is 0 Å². The molecular formula is C19H24N4O5. The smallest absolute Gasteiger partial charge is 0.410 e. The second-order valence-electron chi connectivity index (χ2n) is 7.41. The number of nitrogens with one attached hydrogen (secondary N) is 1. The number of hydrogen-bond acceptors (Lipinski definition) is 7. The van der Waals surface area contributed by atoms with Gasteiger partial charge < -0.3 is 29.8 Å². The van der Waals surface area contributed by atoms with Gasteiger partial charge in [-0.2, -0.15) is 0 Å². The van der Waals surface area contributed by atoms with Crippen molar-refractivity contribution in [3.8, 4) is 11.6 Å². The van der Waals surface area contributed by atoms with Crippen molar-refractivity contribution in [2.75, 3.05) is 25.4 Å². The van der Waals surface area contributed by atoms with Crippen molar-refractivity contribution in [2.45, 2.75) is 32.5 Å². The number of anilines is 1. The van der Waals surface area contributed by atoms with E-state index in [1.54, 1.807) is 23.1 Å². The number of nitrogens with zero attached hydrogens (tertiary/aromatic N) is 2. The summed E-state index contributed by atoms with van der Waals surface area (Å²) in [6.07, 6.45) is 0.531. The van der Waals surface area contributed by atoms with E-state index < -0.39 is 11.2 Å². The van der Waals surface area contributed by atoms with Crippen LogP contribution in [0.25, 0.3) is 0 Å². The van der Waals surface area contributed by atoms with E-state index in [4.69, 9.17) is 19.9 Å². The van der Waals surface area contributed by atoms with Crippen LogP contribution in [-0.2, 0) is 9.47 Å². The van der Waals surface area contributed by atoms with E-state index in [0.717, 1.165) is 5.56 Å². The Kier molecular flexibility index (Phi) is 5.55. The van der Waals surface area contributed by atoms with Crippen molar-refractivity contribution >= 4 is 11.8 Å². The minimum Gasteiger partial charge on any atom is -0.444 e. The lowest BCUT2D eigenvalue weighted by Crippen LogP contribution is -2.44. The maximum atomic E-state index is 12.3. The number of morpholine rings is 1. The summed E-state index contributed by atoms with van der Waals surface area (Å²) in [6, 6.07) is 7.17. The van der Waals surface area contributed by atoms with Gasteiger partial charge in [-0.25, -0.2) is 9.78 Å². The van der Waals surface area contributed by atoms with Crippen LogP contribution in [0.3, 0.4) is 0 Å². The summed E-state index contributed by atoms with van der Waals surface area (Å²) in [6.45, 7) is 6.73. The fourth-order valence-corrected chi connectivity index (χ4v) is 2.71. The molecule has 3 rings (SSSR count). The molecule has 9 heteroatoms. The van der Waals surface area contributed by atoms with Crippen LogP contribution in [0.15, 0.2) is 35.4 Å². The van der Waals surface area contributed by atoms with Crippen molar-refractivity contribution in [1.82, 2.24) is 14.9 Å². The molecule has 1 aliphatic heterocycles. The van der Waals surface area contributed by atoms with Gasteiger partial charge in [0.25, 0.3) is 5.56 Å². The molecule has 1 fully saturated rings. The third kappa shape index (κ3) is 4.80. The fraction of sp³-hybridized carbons (Fsp3) is 0.421. The first-order chi connectivity index (χ1) is 13.2. The van der Waals surface area contributed by atoms with Gasteiger partial charge in [0.15, 0.2) is 5.69 Å². The molecule has 0 bridgehead atoms. The van der Waals surface area contributed by atoms with E-state index in [-0.39, 0.29) is 23.8 Å². The second-order valence-corrected chi connectivity index (χ2v) is 7.41. The van der Waals surface area contributed by atoms with Crippen molar-refractivity contribution in [1.29, 1.82) is 0 Å². The van der Waals surface area contributed by atoms with Gasteiger partial charge in [0.05, 0.1) is 19.5 Å². The standard InChI is InChI=1S/C19H24N4O5/c1-19(2,3)28-18(25)23-7-8-26-14(10-23)12-5-4-6-13(9-12)27-17-15(20)16(24)21-11-22-17/h4-6,9,11,14H,7-8,10,20H2,1-3H3,(H,21,22,24). The highest BCUT2D eigenvalue weighted by Crippen LogP contribution is 2.29. The molecule has 2 aromatic rings. The van der Waals surface area contributed by atoms with E-state index in [0.29, 0.717) is 25.4 Å². The van der Waals surface area contributed by atoms with Gasteiger partial charge in [0.1, 0.15) is 17.5 Å². The minimum atomic E-state index is -0.556. The molecule has 0 aliphatic carbocycles. The number of nitrogen functional groups attached to an aromatic ring is 1. The summed E-state index contributed by atoms with van der Waals surface area (Å²) in [5.74, 6) is 0.487. The predicted octanol–water partition coefficient (Wildman–Crippen LogP) is 2.45. The number of carbonyl (C=O) groups is 1. The third-order valence-corrected chi connectivity index (χ3v) is 4.02. The summed E-state index contributed by atoms with van der Waals surface area (Å²) in [4.78, 5) is 31.9. The molecule has 3 N–H and O–H groups in total. The largest absolute Gasteiger partial charge is 0.444 e. The van der Waals surface area contributed by atoms with Crippen LogP contribution in [0.5, 0.6) is 11.6 Å². The Morgan fingerprint density at radius 3 is 2.93 bits per heavy atom. The molecule has 0 radical (unpaired) electrons. The Morgan fingerprint density at radius 2 is 2.18 bits per heavy atom. The fourth-order valence-electron chi connectivity index (χ4n) is 2.71. The monoisotopic (exact) mass is 388 g/mol. The Hall–Kier alpha value is -3.07. The lowest BCUT2D eigenvalue weighted by atomic mass is 10.1. The molecule has 1 unspecified atom stereocenters. The Bertz CT molecular complexity index is 906. The summed E-state index contributed by atoms with van der Waals surface area (Å²) in [5, 5.41) is 0. The van der Waals surface area contributed by atoms with Crippen LogP contribution in [0.1, 0.15) is 32.4 Å². The lowest BCUT2D eigenvalue weighted by Gasteiger charge is -2.34. The molecule has 1 saturated heterocycles. The van der Waals surface area contributed by atoms with Crippen LogP contribution in [0.4, 0.5) is 10.5 Å². The van der Waals surface area contributed by atoms with Crippen molar-refractivity contribution < 1.29 is 19.0 Å². The minimum absolute atomic E-state index is 0.0286. The number of H-pyrrole nitrogens is 1. The van der Waals surface area contributed by atoms with E-state index in [9.17, 15) is 9.59 Å². The van der Waals surface area contributed by atoms with Gasteiger partial charge in [-0.3, -0.25) is 4.79 Å². The maximum absolute atomic E-state index is 12.3. The molecule has 150 valence electrons. The average molecular weight is 388 g/mol. The number of amides is 1. The van der Waals surface area contributed by atoms with Gasteiger partial charge >= 0.3 is 6.09 Å². The molecule has 2 heterocycles. The van der Waals surface area contributed by atoms with Crippen LogP contribution < -0.4 is 16.0 Å². The molecule has 1 aliphatic rings. The quantitative estimate of drug-likeness (QED) is 0.828. The normalized spacial score (nSPS) is 17.2. The molecule has 28 heavy (non-hydrogen) atoms. The lowest BCUT2D eigenvalue weighted by molar-refractivity contribution is -0.0433. The average Bonchev–Trinajstić information content (AvgIpc) is 2.64. The van der Waals surface area contributed by atoms with Gasteiger partial charge in [-0.15, -0.1) is 0 Å². The van der Waals surface area contributed by atoms with E-state index in [1.165, 1.54) is 6.33 Å². The summed E-state index contributed by atoms with van der Waals surface area (Å²) >= 11 is 0. The Balaban J connectivity index is 1.73. The van der Waals surface area contributed by atoms with Gasteiger partial charge in [0.2, 0.25) is 5.88 Å². The highest BCUT2D eigenvalue weighted by molar-refractivity contribution is 5.68. The van der Waals surface area contributed by atoms with E-state index >= 15 is 0 Å². The topological polar surface area (TPSA) is 120 Å². The van der Waals surface area contributed by atoms with Crippen molar-refractivity contribution in [3.05, 3.63) is 46.5 Å². The molecule has 1 aromatic heterocycles. The molecule has 1 amide bonds. The van der Waals surface area contributed by atoms with Crippen LogP contribution in [0, 0.1) is 0 Å². The number of ether oxygens (including phenoxy) is 3. The zero-order chi connectivity index (χ0) is 20.3. The number of hydrogen-bond donors (Lipinski definition) is 2. The zero-order valence-electron chi connectivity index (χ0n) is 16.1. The first-order valence-corrected chi connectivity index (χ1v) is 8.93. The predicted molar refractivity (Wildman–Crippen MR) is 102 cm³/mol. The highest BCUT2D eigenvalue weighted by atomic mass is 16.6. The molecular weight excluding hydrogens is 364 g/mol. The van der Waals surface area contributed by atoms with Crippen molar-refractivity contribution in [2.24, 2.45) is 0 Å². The Labute approximate surface area is 162 Å². The SMILES string of the molecule is CC(C)(C)OC(=O)N1CCOC(c2cccc(Oc3nc[nH]c(=O)c3N)c2)C1. The summed E-state index contributed by atoms with van der Waals surface area (Å²) < 4.78 is 16.9. The molecule has 0 spiro atoms. The number of aromatic nitrogens is 2. The molecule has 1 atom stereocenters. The number of nitrogens with two attached hydrogens (primary N) is 1. The summed E-state index contributed by atoms with van der Waals surface area (Å²) in [5.41, 5.74) is 5.40. The van der Waals surface area contributed by atoms with E-state index in [1.807, 2.05) is 26.8 Å². The third-order valence-electron chi connectivity index (χ3n) is 4.02. The molecule has 1 aromatic carbocycles. The first kappa shape index (κ1) is 19.7. The van der Waals surface area contributed by atoms with Gasteiger partial charge in [-0.1, -0.05) is 12.1 Å². The zero-order valence-corrected chi connectivity index (χ0v) is 16.1. The first-order valence-electron chi connectivity index (χ1n) is 8.93. The van der Waals surface area contributed by atoms with Crippen molar-refractivity contribution in [3.63, 3.8) is 0 Å². The number of carbonyl (C=O) groups excluding carboxylic acids is 1. The summed E-state index contributed by atoms with van der Waals surface area (Å²) in [7, 11) is 0.